The van der Waals surface area contributed by atoms with Gasteiger partial charge in [0.1, 0.15) is 24.6 Å². The van der Waals surface area contributed by atoms with Crippen molar-refractivity contribution in [3.8, 4) is 11.5 Å². The number of aryl methyl sites for hydroxylation is 1. The number of carbonyl (C=O) groups is 1. The molecule has 2 N–H and O–H groups in total. The van der Waals surface area contributed by atoms with Gasteiger partial charge in [-0.3, -0.25) is 4.79 Å². The zero-order valence-corrected chi connectivity index (χ0v) is 18.7. The largest absolute Gasteiger partial charge is 0.497 e. The first kappa shape index (κ1) is 22.1. The Morgan fingerprint density at radius 3 is 2.47 bits per heavy atom. The molecule has 0 bridgehead atoms. The molecule has 1 aliphatic rings. The first-order valence-corrected chi connectivity index (χ1v) is 10.7. The number of ether oxygens (including phenoxy) is 2. The SMILES string of the molecule is COc1ccc(C[NH+](C)CC(=O)N2CC[NH+](Cc3ccccc3C)CC2)c(OC)c1. The number of amides is 1. The van der Waals surface area contributed by atoms with E-state index in [0.717, 1.165) is 61.2 Å². The molecule has 0 aromatic heterocycles. The summed E-state index contributed by atoms with van der Waals surface area (Å²) < 4.78 is 10.8. The van der Waals surface area contributed by atoms with E-state index >= 15 is 0 Å². The molecule has 2 aromatic carbocycles. The Morgan fingerprint density at radius 2 is 1.80 bits per heavy atom. The zero-order valence-electron chi connectivity index (χ0n) is 18.7. The Labute approximate surface area is 180 Å². The molecule has 30 heavy (non-hydrogen) atoms. The highest BCUT2D eigenvalue weighted by Gasteiger charge is 2.26. The Hall–Kier alpha value is -2.57. The van der Waals surface area contributed by atoms with Gasteiger partial charge < -0.3 is 24.2 Å². The highest BCUT2D eigenvalue weighted by atomic mass is 16.5. The molecule has 3 rings (SSSR count). The third kappa shape index (κ3) is 5.74. The molecule has 2 aromatic rings. The van der Waals surface area contributed by atoms with Crippen molar-refractivity contribution >= 4 is 5.91 Å². The van der Waals surface area contributed by atoms with Gasteiger partial charge in [0.2, 0.25) is 0 Å². The number of piperazine rings is 1. The lowest BCUT2D eigenvalue weighted by Gasteiger charge is -2.32. The molecule has 0 radical (unpaired) electrons. The van der Waals surface area contributed by atoms with Crippen LogP contribution in [0.25, 0.3) is 0 Å². The normalized spacial score (nSPS) is 15.7. The monoisotopic (exact) mass is 413 g/mol. The molecule has 0 spiro atoms. The van der Waals surface area contributed by atoms with Crippen molar-refractivity contribution in [2.24, 2.45) is 0 Å². The fourth-order valence-corrected chi connectivity index (χ4v) is 4.08. The number of nitrogens with one attached hydrogen (secondary N) is 2. The number of likely N-dealkylation sites (N-methyl/N-ethyl adjacent to an activating group) is 1. The lowest BCUT2D eigenvalue weighted by Crippen LogP contribution is -3.14. The van der Waals surface area contributed by atoms with E-state index in [0.29, 0.717) is 6.54 Å². The predicted molar refractivity (Wildman–Crippen MR) is 117 cm³/mol. The number of quaternary nitrogens is 2. The fraction of sp³-hybridized carbons (Fsp3) is 0.458. The van der Waals surface area contributed by atoms with Crippen molar-refractivity contribution in [1.82, 2.24) is 4.90 Å². The molecule has 1 amide bonds. The second-order valence-corrected chi connectivity index (χ2v) is 8.22. The number of benzene rings is 2. The molecule has 1 atom stereocenters. The van der Waals surface area contributed by atoms with Gasteiger partial charge in [-0.1, -0.05) is 24.3 Å². The van der Waals surface area contributed by atoms with Crippen LogP contribution in [0.15, 0.2) is 42.5 Å². The summed E-state index contributed by atoms with van der Waals surface area (Å²) in [5.74, 6) is 1.81. The number of hydrogen-bond acceptors (Lipinski definition) is 3. The van der Waals surface area contributed by atoms with Crippen LogP contribution in [-0.2, 0) is 17.9 Å². The maximum absolute atomic E-state index is 12.8. The Morgan fingerprint density at radius 1 is 1.07 bits per heavy atom. The minimum absolute atomic E-state index is 0.231. The number of rotatable bonds is 8. The predicted octanol–water partition coefficient (Wildman–Crippen LogP) is -0.0458. The van der Waals surface area contributed by atoms with E-state index in [1.807, 2.05) is 23.1 Å². The van der Waals surface area contributed by atoms with Crippen molar-refractivity contribution in [3.05, 3.63) is 59.2 Å². The minimum atomic E-state index is 0.231. The summed E-state index contributed by atoms with van der Waals surface area (Å²) in [6.45, 7) is 8.11. The maximum Gasteiger partial charge on any atom is 0.278 e. The fourth-order valence-electron chi connectivity index (χ4n) is 4.08. The lowest BCUT2D eigenvalue weighted by atomic mass is 10.1. The van der Waals surface area contributed by atoms with Gasteiger partial charge in [0.15, 0.2) is 6.54 Å². The first-order chi connectivity index (χ1) is 14.5. The number of nitrogens with zero attached hydrogens (tertiary/aromatic N) is 1. The average Bonchev–Trinajstić information content (AvgIpc) is 2.76. The Bertz CT molecular complexity index is 847. The number of methoxy groups -OCH3 is 2. The van der Waals surface area contributed by atoms with Crippen LogP contribution in [0.1, 0.15) is 16.7 Å². The molecule has 6 nitrogen and oxygen atoms in total. The molecule has 1 saturated heterocycles. The van der Waals surface area contributed by atoms with Crippen LogP contribution in [0.5, 0.6) is 11.5 Å². The van der Waals surface area contributed by atoms with Gasteiger partial charge in [0.25, 0.3) is 5.91 Å². The molecular formula is C24H35N3O3+2. The van der Waals surface area contributed by atoms with Gasteiger partial charge in [-0.2, -0.15) is 0 Å². The summed E-state index contributed by atoms with van der Waals surface area (Å²) in [6, 6.07) is 14.4. The molecule has 1 unspecified atom stereocenters. The van der Waals surface area contributed by atoms with E-state index in [-0.39, 0.29) is 5.91 Å². The average molecular weight is 414 g/mol. The highest BCUT2D eigenvalue weighted by Crippen LogP contribution is 2.23. The molecule has 1 heterocycles. The smallest absolute Gasteiger partial charge is 0.278 e. The van der Waals surface area contributed by atoms with E-state index in [9.17, 15) is 4.79 Å². The highest BCUT2D eigenvalue weighted by molar-refractivity contribution is 5.77. The van der Waals surface area contributed by atoms with Crippen LogP contribution in [0.2, 0.25) is 0 Å². The zero-order chi connectivity index (χ0) is 21.5. The van der Waals surface area contributed by atoms with Crippen LogP contribution in [0, 0.1) is 6.92 Å². The van der Waals surface area contributed by atoms with Crippen molar-refractivity contribution in [3.63, 3.8) is 0 Å². The third-order valence-corrected chi connectivity index (χ3v) is 5.96. The van der Waals surface area contributed by atoms with Gasteiger partial charge in [0, 0.05) is 17.2 Å². The van der Waals surface area contributed by atoms with Crippen molar-refractivity contribution < 1.29 is 24.1 Å². The van der Waals surface area contributed by atoms with Crippen molar-refractivity contribution in [2.75, 3.05) is 54.0 Å². The van der Waals surface area contributed by atoms with E-state index in [4.69, 9.17) is 9.47 Å². The molecular weight excluding hydrogens is 378 g/mol. The van der Waals surface area contributed by atoms with Crippen molar-refractivity contribution in [2.45, 2.75) is 20.0 Å². The number of carbonyl (C=O) groups excluding carboxylic acids is 1. The van der Waals surface area contributed by atoms with E-state index < -0.39 is 0 Å². The van der Waals surface area contributed by atoms with E-state index in [1.54, 1.807) is 19.1 Å². The van der Waals surface area contributed by atoms with Crippen LogP contribution >= 0.6 is 0 Å². The van der Waals surface area contributed by atoms with Gasteiger partial charge >= 0.3 is 0 Å². The van der Waals surface area contributed by atoms with Crippen LogP contribution in [0.3, 0.4) is 0 Å². The first-order valence-electron chi connectivity index (χ1n) is 10.7. The second-order valence-electron chi connectivity index (χ2n) is 8.22. The van der Waals surface area contributed by atoms with Crippen LogP contribution in [-0.4, -0.2) is 64.8 Å². The summed E-state index contributed by atoms with van der Waals surface area (Å²) in [5, 5.41) is 0. The third-order valence-electron chi connectivity index (χ3n) is 5.96. The van der Waals surface area contributed by atoms with Crippen LogP contribution in [0.4, 0.5) is 0 Å². The molecule has 162 valence electrons. The van der Waals surface area contributed by atoms with Gasteiger partial charge in [-0.05, 0) is 24.6 Å². The number of hydrogen-bond donors (Lipinski definition) is 2. The topological polar surface area (TPSA) is 47.7 Å². The Balaban J connectivity index is 1.48. The Kier molecular flexibility index (Phi) is 7.71. The van der Waals surface area contributed by atoms with Gasteiger partial charge in [-0.15, -0.1) is 0 Å². The quantitative estimate of drug-likeness (QED) is 0.638. The standard InChI is InChI=1S/C24H33N3O3/c1-19-7-5-6-8-20(19)17-26-11-13-27(14-12-26)24(28)18-25(2)16-21-9-10-22(29-3)15-23(21)30-4/h5-10,15H,11-14,16-18H2,1-4H3/p+2. The van der Waals surface area contributed by atoms with Crippen LogP contribution < -0.4 is 19.3 Å². The summed E-state index contributed by atoms with van der Waals surface area (Å²) >= 11 is 0. The summed E-state index contributed by atoms with van der Waals surface area (Å²) in [6.07, 6.45) is 0. The summed E-state index contributed by atoms with van der Waals surface area (Å²) in [5.41, 5.74) is 3.84. The summed E-state index contributed by atoms with van der Waals surface area (Å²) in [7, 11) is 5.37. The maximum atomic E-state index is 12.8. The second kappa shape index (κ2) is 10.5. The minimum Gasteiger partial charge on any atom is -0.497 e. The van der Waals surface area contributed by atoms with Crippen molar-refractivity contribution in [1.29, 1.82) is 0 Å². The van der Waals surface area contributed by atoms with Gasteiger partial charge in [-0.25, -0.2) is 0 Å². The molecule has 0 saturated carbocycles. The van der Waals surface area contributed by atoms with E-state index in [1.165, 1.54) is 11.1 Å². The summed E-state index contributed by atoms with van der Waals surface area (Å²) in [4.78, 5) is 17.5. The molecule has 1 aliphatic heterocycles. The molecule has 1 fully saturated rings. The molecule has 0 aliphatic carbocycles. The molecule has 6 heteroatoms. The van der Waals surface area contributed by atoms with Gasteiger partial charge in [0.05, 0.1) is 47.4 Å². The lowest BCUT2D eigenvalue weighted by molar-refractivity contribution is -0.918. The van der Waals surface area contributed by atoms with E-state index in [2.05, 4.69) is 38.2 Å².